The molecule has 4 nitrogen and oxygen atoms in total. The third-order valence-electron chi connectivity index (χ3n) is 2.65. The summed E-state index contributed by atoms with van der Waals surface area (Å²) in [6.07, 6.45) is 2.32. The molecule has 15 heavy (non-hydrogen) atoms. The molecule has 1 atom stereocenters. The Labute approximate surface area is 90.4 Å². The zero-order chi connectivity index (χ0) is 11.1. The third-order valence-corrected chi connectivity index (χ3v) is 2.65. The van der Waals surface area contributed by atoms with Crippen LogP contribution in [0.2, 0.25) is 0 Å². The summed E-state index contributed by atoms with van der Waals surface area (Å²) in [4.78, 5) is 0. The van der Waals surface area contributed by atoms with Crippen LogP contribution in [-0.4, -0.2) is 16.4 Å². The Hall–Kier alpha value is -1.03. The zero-order valence-electron chi connectivity index (χ0n) is 9.66. The van der Waals surface area contributed by atoms with E-state index in [-0.39, 0.29) is 11.6 Å². The van der Waals surface area contributed by atoms with Crippen LogP contribution in [0.4, 0.5) is 5.82 Å². The van der Waals surface area contributed by atoms with Crippen molar-refractivity contribution in [2.45, 2.75) is 45.3 Å². The highest BCUT2D eigenvalue weighted by molar-refractivity contribution is 5.33. The Balaban J connectivity index is 2.28. The summed E-state index contributed by atoms with van der Waals surface area (Å²) in [6, 6.07) is 1.93. The normalized spacial score (nSPS) is 22.2. The van der Waals surface area contributed by atoms with Crippen LogP contribution < -0.4 is 5.73 Å². The van der Waals surface area contributed by atoms with Gasteiger partial charge in [-0.1, -0.05) is 0 Å². The molecular weight excluding hydrogens is 190 g/mol. The molecule has 0 aliphatic carbocycles. The quantitative estimate of drug-likeness (QED) is 0.770. The molecule has 1 aromatic rings. The number of anilines is 1. The van der Waals surface area contributed by atoms with Crippen molar-refractivity contribution in [1.29, 1.82) is 0 Å². The van der Waals surface area contributed by atoms with Crippen LogP contribution in [0.15, 0.2) is 6.07 Å². The van der Waals surface area contributed by atoms with Gasteiger partial charge in [0.1, 0.15) is 11.9 Å². The maximum absolute atomic E-state index is 5.94. The second-order valence-corrected chi connectivity index (χ2v) is 5.08. The molecule has 84 valence electrons. The molecule has 0 saturated carbocycles. The molecule has 2 rings (SSSR count). The molecule has 0 bridgehead atoms. The Morgan fingerprint density at radius 3 is 2.73 bits per heavy atom. The molecule has 1 fully saturated rings. The van der Waals surface area contributed by atoms with Gasteiger partial charge in [-0.3, -0.25) is 0 Å². The zero-order valence-corrected chi connectivity index (χ0v) is 9.66. The average molecular weight is 209 g/mol. The number of rotatable bonds is 1. The summed E-state index contributed by atoms with van der Waals surface area (Å²) in [6.45, 7) is 7.12. The fourth-order valence-electron chi connectivity index (χ4n) is 1.92. The lowest BCUT2D eigenvalue weighted by atomic mass is 10.1. The van der Waals surface area contributed by atoms with Gasteiger partial charge in [0.15, 0.2) is 0 Å². The van der Waals surface area contributed by atoms with Crippen LogP contribution >= 0.6 is 0 Å². The van der Waals surface area contributed by atoms with E-state index in [1.54, 1.807) is 0 Å². The fraction of sp³-hybridized carbons (Fsp3) is 0.727. The summed E-state index contributed by atoms with van der Waals surface area (Å²) in [7, 11) is 0. The molecule has 0 amide bonds. The minimum atomic E-state index is -0.0685. The lowest BCUT2D eigenvalue weighted by Gasteiger charge is -2.20. The molecule has 0 unspecified atom stereocenters. The van der Waals surface area contributed by atoms with Gasteiger partial charge in [-0.05, 0) is 33.6 Å². The van der Waals surface area contributed by atoms with Gasteiger partial charge in [0, 0.05) is 12.7 Å². The van der Waals surface area contributed by atoms with Crippen LogP contribution in [0.1, 0.15) is 45.4 Å². The maximum atomic E-state index is 5.94. The van der Waals surface area contributed by atoms with Crippen molar-refractivity contribution in [3.63, 3.8) is 0 Å². The van der Waals surface area contributed by atoms with E-state index in [9.17, 15) is 0 Å². The van der Waals surface area contributed by atoms with Gasteiger partial charge in [0.05, 0.1) is 11.2 Å². The number of nitrogen functional groups attached to an aromatic ring is 1. The van der Waals surface area contributed by atoms with E-state index in [0.29, 0.717) is 5.82 Å². The van der Waals surface area contributed by atoms with Crippen LogP contribution in [-0.2, 0) is 10.3 Å². The van der Waals surface area contributed by atoms with E-state index in [0.717, 1.165) is 25.1 Å². The molecule has 1 aromatic heterocycles. The van der Waals surface area contributed by atoms with Crippen molar-refractivity contribution in [3.05, 3.63) is 11.8 Å². The van der Waals surface area contributed by atoms with E-state index >= 15 is 0 Å². The molecule has 2 N–H and O–H groups in total. The van der Waals surface area contributed by atoms with Crippen LogP contribution in [0.25, 0.3) is 0 Å². The smallest absolute Gasteiger partial charge is 0.122 e. The highest BCUT2D eigenvalue weighted by Crippen LogP contribution is 2.30. The van der Waals surface area contributed by atoms with Crippen molar-refractivity contribution < 1.29 is 4.74 Å². The Morgan fingerprint density at radius 2 is 2.27 bits per heavy atom. The molecule has 2 heterocycles. The van der Waals surface area contributed by atoms with Gasteiger partial charge in [-0.15, -0.1) is 0 Å². The molecule has 0 radical (unpaired) electrons. The summed E-state index contributed by atoms with van der Waals surface area (Å²) >= 11 is 0. The van der Waals surface area contributed by atoms with E-state index in [2.05, 4.69) is 25.9 Å². The first-order chi connectivity index (χ1) is 6.98. The highest BCUT2D eigenvalue weighted by atomic mass is 16.5. The van der Waals surface area contributed by atoms with Gasteiger partial charge in [0.25, 0.3) is 0 Å². The van der Waals surface area contributed by atoms with Crippen molar-refractivity contribution in [2.24, 2.45) is 0 Å². The van der Waals surface area contributed by atoms with Gasteiger partial charge >= 0.3 is 0 Å². The minimum Gasteiger partial charge on any atom is -0.384 e. The predicted octanol–water partition coefficient (Wildman–Crippen LogP) is 2.07. The standard InChI is InChI=1S/C11H19N3O/c1-11(2,3)14-10(12)7-8(13-14)9-5-4-6-15-9/h7,9H,4-6,12H2,1-3H3/t9-/m1/s1. The number of hydrogen-bond donors (Lipinski definition) is 1. The van der Waals surface area contributed by atoms with Crippen molar-refractivity contribution >= 4 is 5.82 Å². The summed E-state index contributed by atoms with van der Waals surface area (Å²) in [5.41, 5.74) is 6.84. The molecular formula is C11H19N3O. The van der Waals surface area contributed by atoms with E-state index in [4.69, 9.17) is 10.5 Å². The summed E-state index contributed by atoms with van der Waals surface area (Å²) < 4.78 is 7.45. The summed E-state index contributed by atoms with van der Waals surface area (Å²) in [5.74, 6) is 0.716. The first kappa shape index (κ1) is 10.5. The van der Waals surface area contributed by atoms with Gasteiger partial charge in [-0.2, -0.15) is 5.10 Å². The predicted molar refractivity (Wildman–Crippen MR) is 59.6 cm³/mol. The molecule has 0 aromatic carbocycles. The number of ether oxygens (including phenoxy) is 1. The van der Waals surface area contributed by atoms with E-state index < -0.39 is 0 Å². The minimum absolute atomic E-state index is 0.0685. The molecule has 1 aliphatic heterocycles. The Kier molecular flexibility index (Phi) is 2.46. The topological polar surface area (TPSA) is 53.1 Å². The van der Waals surface area contributed by atoms with Crippen LogP contribution in [0, 0.1) is 0 Å². The number of hydrogen-bond acceptors (Lipinski definition) is 3. The van der Waals surface area contributed by atoms with E-state index in [1.807, 2.05) is 10.7 Å². The first-order valence-electron chi connectivity index (χ1n) is 5.46. The Morgan fingerprint density at radius 1 is 1.53 bits per heavy atom. The van der Waals surface area contributed by atoms with Crippen LogP contribution in [0.3, 0.4) is 0 Å². The largest absolute Gasteiger partial charge is 0.384 e. The van der Waals surface area contributed by atoms with Gasteiger partial charge in [0.2, 0.25) is 0 Å². The van der Waals surface area contributed by atoms with Crippen LogP contribution in [0.5, 0.6) is 0 Å². The lowest BCUT2D eigenvalue weighted by molar-refractivity contribution is 0.107. The molecule has 1 aliphatic rings. The highest BCUT2D eigenvalue weighted by Gasteiger charge is 2.24. The number of nitrogens with zero attached hydrogens (tertiary/aromatic N) is 2. The number of aromatic nitrogens is 2. The average Bonchev–Trinajstić information content (AvgIpc) is 2.68. The van der Waals surface area contributed by atoms with Gasteiger partial charge in [-0.25, -0.2) is 4.68 Å². The molecule has 1 saturated heterocycles. The monoisotopic (exact) mass is 209 g/mol. The third kappa shape index (κ3) is 2.00. The van der Waals surface area contributed by atoms with Gasteiger partial charge < -0.3 is 10.5 Å². The first-order valence-corrected chi connectivity index (χ1v) is 5.46. The molecule has 0 spiro atoms. The fourth-order valence-corrected chi connectivity index (χ4v) is 1.92. The maximum Gasteiger partial charge on any atom is 0.122 e. The Bertz CT molecular complexity index is 345. The second-order valence-electron chi connectivity index (χ2n) is 5.08. The molecule has 4 heteroatoms. The van der Waals surface area contributed by atoms with Crippen molar-refractivity contribution in [2.75, 3.05) is 12.3 Å². The second kappa shape index (κ2) is 3.52. The van der Waals surface area contributed by atoms with Crippen molar-refractivity contribution in [1.82, 2.24) is 9.78 Å². The SMILES string of the molecule is CC(C)(C)n1nc([C@H]2CCCO2)cc1N. The number of nitrogens with two attached hydrogens (primary N) is 1. The summed E-state index contributed by atoms with van der Waals surface area (Å²) in [5, 5.41) is 4.53. The lowest BCUT2D eigenvalue weighted by Crippen LogP contribution is -2.24. The van der Waals surface area contributed by atoms with Crippen molar-refractivity contribution in [3.8, 4) is 0 Å². The van der Waals surface area contributed by atoms with E-state index in [1.165, 1.54) is 0 Å².